The van der Waals surface area contributed by atoms with Gasteiger partial charge in [0.15, 0.2) is 5.78 Å². The molecule has 6 heteroatoms. The molecule has 0 amide bonds. The number of carbonyl (C=O) groups is 1. The Hall–Kier alpha value is -1.49. The predicted octanol–water partition coefficient (Wildman–Crippen LogP) is 5.37. The Balaban J connectivity index is 1.61. The third-order valence-electron chi connectivity index (χ3n) is 4.56. The largest absolute Gasteiger partial charge is 0.299 e. The molecule has 3 rings (SSSR count). The zero-order valence-electron chi connectivity index (χ0n) is 13.4. The Morgan fingerprint density at radius 2 is 1.80 bits per heavy atom. The highest BCUT2D eigenvalue weighted by Crippen LogP contribution is 2.27. The highest BCUT2D eigenvalue weighted by molar-refractivity contribution is 6.35. The molecule has 0 atom stereocenters. The van der Waals surface area contributed by atoms with Crippen molar-refractivity contribution in [3.63, 3.8) is 0 Å². The first-order chi connectivity index (χ1) is 11.9. The number of hydrogen-bond acceptors (Lipinski definition) is 2. The van der Waals surface area contributed by atoms with Crippen molar-refractivity contribution in [1.82, 2.24) is 4.90 Å². The second kappa shape index (κ2) is 7.81. The molecule has 1 fully saturated rings. The maximum absolute atomic E-state index is 13.8. The van der Waals surface area contributed by atoms with Crippen molar-refractivity contribution >= 4 is 29.0 Å². The lowest BCUT2D eigenvalue weighted by atomic mass is 9.88. The molecule has 0 N–H and O–H groups in total. The molecule has 132 valence electrons. The topological polar surface area (TPSA) is 20.3 Å². The van der Waals surface area contributed by atoms with Gasteiger partial charge in [-0.05, 0) is 61.8 Å². The molecule has 1 saturated heterocycles. The van der Waals surface area contributed by atoms with Crippen molar-refractivity contribution in [2.75, 3.05) is 13.1 Å². The average Bonchev–Trinajstić information content (AvgIpc) is 2.59. The summed E-state index contributed by atoms with van der Waals surface area (Å²) >= 11 is 12.1. The normalized spacial score (nSPS) is 16.2. The first-order valence-electron chi connectivity index (χ1n) is 8.09. The molecule has 0 bridgehead atoms. The number of rotatable bonds is 4. The predicted molar refractivity (Wildman–Crippen MR) is 95.2 cm³/mol. The van der Waals surface area contributed by atoms with Gasteiger partial charge < -0.3 is 0 Å². The van der Waals surface area contributed by atoms with Crippen LogP contribution >= 0.6 is 23.2 Å². The summed E-state index contributed by atoms with van der Waals surface area (Å²) in [5, 5.41) is 1.21. The Morgan fingerprint density at radius 3 is 2.48 bits per heavy atom. The van der Waals surface area contributed by atoms with Gasteiger partial charge >= 0.3 is 0 Å². The molecule has 0 unspecified atom stereocenters. The van der Waals surface area contributed by atoms with Crippen LogP contribution in [0.15, 0.2) is 36.4 Å². The Morgan fingerprint density at radius 1 is 1.08 bits per heavy atom. The van der Waals surface area contributed by atoms with Crippen molar-refractivity contribution in [3.05, 3.63) is 69.2 Å². The summed E-state index contributed by atoms with van der Waals surface area (Å²) in [6.45, 7) is 2.07. The summed E-state index contributed by atoms with van der Waals surface area (Å²) in [6, 6.07) is 8.40. The van der Waals surface area contributed by atoms with Gasteiger partial charge in [0.25, 0.3) is 0 Å². The van der Waals surface area contributed by atoms with Crippen molar-refractivity contribution in [2.24, 2.45) is 5.92 Å². The number of nitrogens with zero attached hydrogens (tertiary/aromatic N) is 1. The van der Waals surface area contributed by atoms with Gasteiger partial charge in [-0.15, -0.1) is 0 Å². The molecule has 1 aliphatic rings. The summed E-state index contributed by atoms with van der Waals surface area (Å²) in [5.41, 5.74) is 0.825. The van der Waals surface area contributed by atoms with Crippen LogP contribution in [0.3, 0.4) is 0 Å². The van der Waals surface area contributed by atoms with Gasteiger partial charge in [-0.1, -0.05) is 29.3 Å². The van der Waals surface area contributed by atoms with Gasteiger partial charge in [0.05, 0.1) is 5.56 Å². The smallest absolute Gasteiger partial charge is 0.169 e. The third-order valence-corrected chi connectivity index (χ3v) is 5.15. The Labute approximate surface area is 155 Å². The number of benzene rings is 2. The fourth-order valence-electron chi connectivity index (χ4n) is 3.15. The number of carbonyl (C=O) groups excluding carboxylic acids is 1. The molecular formula is C19H17Cl2F2NO. The number of hydrogen-bond donors (Lipinski definition) is 0. The average molecular weight is 384 g/mol. The maximum atomic E-state index is 13.8. The fraction of sp³-hybridized carbons (Fsp3) is 0.316. The van der Waals surface area contributed by atoms with Crippen molar-refractivity contribution < 1.29 is 13.6 Å². The van der Waals surface area contributed by atoms with E-state index in [2.05, 4.69) is 4.90 Å². The minimum absolute atomic E-state index is 0.154. The van der Waals surface area contributed by atoms with E-state index in [1.807, 2.05) is 6.07 Å². The fourth-order valence-corrected chi connectivity index (χ4v) is 3.62. The summed E-state index contributed by atoms with van der Waals surface area (Å²) in [5.74, 6) is -1.87. The molecule has 0 radical (unpaired) electrons. The number of likely N-dealkylation sites (tertiary alicyclic amines) is 1. The lowest BCUT2D eigenvalue weighted by molar-refractivity contribution is 0.0830. The molecule has 1 aliphatic heterocycles. The second-order valence-electron chi connectivity index (χ2n) is 6.27. The van der Waals surface area contributed by atoms with Crippen LogP contribution < -0.4 is 0 Å². The van der Waals surface area contributed by atoms with Gasteiger partial charge in [0, 0.05) is 22.5 Å². The van der Waals surface area contributed by atoms with E-state index < -0.39 is 11.6 Å². The van der Waals surface area contributed by atoms with Crippen LogP contribution in [0.25, 0.3) is 0 Å². The Kier molecular flexibility index (Phi) is 5.72. The van der Waals surface area contributed by atoms with Gasteiger partial charge in [0.2, 0.25) is 0 Å². The molecule has 0 spiro atoms. The quantitative estimate of drug-likeness (QED) is 0.661. The van der Waals surface area contributed by atoms with Crippen molar-refractivity contribution in [3.8, 4) is 0 Å². The van der Waals surface area contributed by atoms with Gasteiger partial charge in [0.1, 0.15) is 11.6 Å². The van der Waals surface area contributed by atoms with Crippen molar-refractivity contribution in [1.29, 1.82) is 0 Å². The molecule has 0 aromatic heterocycles. The van der Waals surface area contributed by atoms with Crippen LogP contribution in [-0.2, 0) is 6.54 Å². The van der Waals surface area contributed by atoms with E-state index in [1.165, 1.54) is 0 Å². The zero-order valence-corrected chi connectivity index (χ0v) is 15.0. The van der Waals surface area contributed by atoms with Crippen LogP contribution in [0.5, 0.6) is 0 Å². The molecule has 0 saturated carbocycles. The van der Waals surface area contributed by atoms with E-state index in [9.17, 15) is 13.6 Å². The molecule has 25 heavy (non-hydrogen) atoms. The maximum Gasteiger partial charge on any atom is 0.169 e. The van der Waals surface area contributed by atoms with E-state index >= 15 is 0 Å². The van der Waals surface area contributed by atoms with Gasteiger partial charge in [-0.25, -0.2) is 8.78 Å². The van der Waals surface area contributed by atoms with Crippen LogP contribution in [0.1, 0.15) is 28.8 Å². The first kappa shape index (κ1) is 18.3. The summed E-state index contributed by atoms with van der Waals surface area (Å²) in [7, 11) is 0. The monoisotopic (exact) mass is 383 g/mol. The lowest BCUT2D eigenvalue weighted by Gasteiger charge is -2.31. The van der Waals surface area contributed by atoms with E-state index in [0.717, 1.165) is 23.8 Å². The number of piperidine rings is 1. The number of halogens is 4. The van der Waals surface area contributed by atoms with E-state index in [1.54, 1.807) is 12.1 Å². The molecule has 2 aromatic rings. The highest BCUT2D eigenvalue weighted by atomic mass is 35.5. The van der Waals surface area contributed by atoms with E-state index in [4.69, 9.17) is 23.2 Å². The molecule has 2 aromatic carbocycles. The minimum atomic E-state index is -0.665. The van der Waals surface area contributed by atoms with Crippen LogP contribution in [0, 0.1) is 17.6 Å². The zero-order chi connectivity index (χ0) is 18.0. The molecule has 2 nitrogen and oxygen atoms in total. The third kappa shape index (κ3) is 4.38. The van der Waals surface area contributed by atoms with Crippen LogP contribution in [0.4, 0.5) is 8.78 Å². The molecular weight excluding hydrogens is 367 g/mol. The second-order valence-corrected chi connectivity index (χ2v) is 7.12. The SMILES string of the molecule is O=C(c1cc(F)ccc1F)C1CCN(Cc2ccc(Cl)cc2Cl)CC1. The summed E-state index contributed by atoms with van der Waals surface area (Å²) in [6.07, 6.45) is 1.22. The van der Waals surface area contributed by atoms with E-state index in [-0.39, 0.29) is 17.3 Å². The molecule has 1 heterocycles. The summed E-state index contributed by atoms with van der Waals surface area (Å²) in [4.78, 5) is 14.7. The number of Topliss-reactive ketones (excluding diaryl/α,β-unsaturated/α-hetero) is 1. The van der Waals surface area contributed by atoms with Crippen LogP contribution in [0.2, 0.25) is 10.0 Å². The molecule has 0 aliphatic carbocycles. The summed E-state index contributed by atoms with van der Waals surface area (Å²) < 4.78 is 27.1. The van der Waals surface area contributed by atoms with Gasteiger partial charge in [-0.2, -0.15) is 0 Å². The standard InChI is InChI=1S/C19H17Cl2F2NO/c20-14-2-1-13(17(21)9-14)11-24-7-5-12(6-8-24)19(25)16-10-15(22)3-4-18(16)23/h1-4,9-10,12H,5-8,11H2. The highest BCUT2D eigenvalue weighted by Gasteiger charge is 2.28. The minimum Gasteiger partial charge on any atom is -0.299 e. The lowest BCUT2D eigenvalue weighted by Crippen LogP contribution is -2.36. The van der Waals surface area contributed by atoms with Gasteiger partial charge in [-0.3, -0.25) is 9.69 Å². The number of ketones is 1. The van der Waals surface area contributed by atoms with Crippen molar-refractivity contribution in [2.45, 2.75) is 19.4 Å². The first-order valence-corrected chi connectivity index (χ1v) is 8.85. The Bertz CT molecular complexity index is 789. The van der Waals surface area contributed by atoms with Crippen LogP contribution in [-0.4, -0.2) is 23.8 Å². The van der Waals surface area contributed by atoms with E-state index in [0.29, 0.717) is 42.5 Å².